The van der Waals surface area contributed by atoms with Crippen LogP contribution in [0.1, 0.15) is 33.9 Å². The Morgan fingerprint density at radius 1 is 1.52 bits per heavy atom. The number of halogens is 1. The average molecular weight is 323 g/mol. The zero-order chi connectivity index (χ0) is 14.8. The summed E-state index contributed by atoms with van der Waals surface area (Å²) >= 11 is 7.40. The molecular weight excluding hydrogens is 308 g/mol. The van der Waals surface area contributed by atoms with E-state index < -0.39 is 0 Å². The Labute approximate surface area is 132 Å². The lowest BCUT2D eigenvalue weighted by atomic mass is 10.2. The van der Waals surface area contributed by atoms with Crippen molar-refractivity contribution in [1.29, 1.82) is 0 Å². The van der Waals surface area contributed by atoms with E-state index in [1.54, 1.807) is 5.38 Å². The molecule has 0 radical (unpaired) electrons. The van der Waals surface area contributed by atoms with Crippen molar-refractivity contribution < 1.29 is 9.53 Å². The highest BCUT2D eigenvalue weighted by Gasteiger charge is 2.24. The molecule has 0 bridgehead atoms. The third-order valence-electron chi connectivity index (χ3n) is 3.19. The first-order chi connectivity index (χ1) is 10.1. The van der Waals surface area contributed by atoms with Gasteiger partial charge in [0.25, 0.3) is 5.91 Å². The van der Waals surface area contributed by atoms with Crippen LogP contribution in [-0.2, 0) is 6.61 Å². The van der Waals surface area contributed by atoms with Gasteiger partial charge < -0.3 is 10.1 Å². The Kier molecular flexibility index (Phi) is 4.12. The van der Waals surface area contributed by atoms with Crippen molar-refractivity contribution >= 4 is 28.8 Å². The zero-order valence-corrected chi connectivity index (χ0v) is 13.1. The highest BCUT2D eigenvalue weighted by Crippen LogP contribution is 2.23. The molecule has 110 valence electrons. The van der Waals surface area contributed by atoms with E-state index in [0.717, 1.165) is 34.2 Å². The second-order valence-corrected chi connectivity index (χ2v) is 6.42. The molecule has 1 aliphatic rings. The van der Waals surface area contributed by atoms with Crippen LogP contribution in [-0.4, -0.2) is 16.9 Å². The molecule has 6 heteroatoms. The van der Waals surface area contributed by atoms with Crippen molar-refractivity contribution in [2.75, 3.05) is 0 Å². The molecule has 1 aromatic carbocycles. The molecule has 1 N–H and O–H groups in total. The zero-order valence-electron chi connectivity index (χ0n) is 11.6. The van der Waals surface area contributed by atoms with Crippen LogP contribution in [0.2, 0.25) is 5.02 Å². The van der Waals surface area contributed by atoms with Gasteiger partial charge in [0.15, 0.2) is 0 Å². The number of carbonyl (C=O) groups excluding carboxylic acids is 1. The molecule has 1 fully saturated rings. The van der Waals surface area contributed by atoms with Gasteiger partial charge in [0.05, 0.1) is 0 Å². The van der Waals surface area contributed by atoms with Gasteiger partial charge in [-0.15, -0.1) is 11.3 Å². The standard InChI is InChI=1S/C15H15ClN2O2S/c1-9-6-11(4-5-12(9)16)20-7-14-18-13(8-21-14)15(19)17-10-2-3-10/h4-6,8,10H,2-3,7H2,1H3,(H,17,19). The fraction of sp³-hybridized carbons (Fsp3) is 0.333. The first kappa shape index (κ1) is 14.4. The first-order valence-electron chi connectivity index (χ1n) is 6.76. The van der Waals surface area contributed by atoms with Crippen molar-refractivity contribution in [1.82, 2.24) is 10.3 Å². The van der Waals surface area contributed by atoms with Gasteiger partial charge in [0, 0.05) is 16.4 Å². The predicted octanol–water partition coefficient (Wildman–Crippen LogP) is 3.58. The summed E-state index contributed by atoms with van der Waals surface area (Å²) in [6, 6.07) is 5.86. The van der Waals surface area contributed by atoms with E-state index in [1.165, 1.54) is 11.3 Å². The van der Waals surface area contributed by atoms with E-state index in [4.69, 9.17) is 16.3 Å². The molecule has 21 heavy (non-hydrogen) atoms. The number of rotatable bonds is 5. The molecule has 2 aromatic rings. The van der Waals surface area contributed by atoms with E-state index in [-0.39, 0.29) is 5.91 Å². The maximum atomic E-state index is 11.8. The summed E-state index contributed by atoms with van der Waals surface area (Å²) in [5.41, 5.74) is 1.44. The van der Waals surface area contributed by atoms with Gasteiger partial charge in [-0.1, -0.05) is 11.6 Å². The van der Waals surface area contributed by atoms with E-state index >= 15 is 0 Å². The monoisotopic (exact) mass is 322 g/mol. The number of hydrogen-bond donors (Lipinski definition) is 1. The van der Waals surface area contributed by atoms with Gasteiger partial charge in [-0.25, -0.2) is 4.98 Å². The van der Waals surface area contributed by atoms with Gasteiger partial charge in [0.1, 0.15) is 23.1 Å². The highest BCUT2D eigenvalue weighted by atomic mass is 35.5. The van der Waals surface area contributed by atoms with Gasteiger partial charge in [0.2, 0.25) is 0 Å². The summed E-state index contributed by atoms with van der Waals surface area (Å²) in [5, 5.41) is 6.19. The Bertz CT molecular complexity index is 667. The lowest BCUT2D eigenvalue weighted by Crippen LogP contribution is -2.25. The molecule has 1 aliphatic carbocycles. The van der Waals surface area contributed by atoms with Crippen LogP contribution in [0.15, 0.2) is 23.6 Å². The second kappa shape index (κ2) is 6.03. The molecule has 1 heterocycles. The molecule has 1 aromatic heterocycles. The maximum Gasteiger partial charge on any atom is 0.270 e. The van der Waals surface area contributed by atoms with Crippen molar-refractivity contribution in [2.24, 2.45) is 0 Å². The van der Waals surface area contributed by atoms with Crippen molar-refractivity contribution in [3.05, 3.63) is 44.9 Å². The van der Waals surface area contributed by atoms with E-state index in [1.807, 2.05) is 25.1 Å². The molecule has 4 nitrogen and oxygen atoms in total. The second-order valence-electron chi connectivity index (χ2n) is 5.07. The number of hydrogen-bond acceptors (Lipinski definition) is 4. The number of nitrogens with zero attached hydrogens (tertiary/aromatic N) is 1. The SMILES string of the molecule is Cc1cc(OCc2nc(C(=O)NC3CC3)cs2)ccc1Cl. The first-order valence-corrected chi connectivity index (χ1v) is 8.02. The smallest absolute Gasteiger partial charge is 0.270 e. The fourth-order valence-electron chi connectivity index (χ4n) is 1.82. The molecular formula is C15H15ClN2O2S. The Balaban J connectivity index is 1.58. The van der Waals surface area contributed by atoms with E-state index in [2.05, 4.69) is 10.3 Å². The minimum atomic E-state index is -0.0951. The number of thiazole rings is 1. The molecule has 1 saturated carbocycles. The quantitative estimate of drug-likeness (QED) is 0.915. The maximum absolute atomic E-state index is 11.8. The normalized spacial score (nSPS) is 14.0. The summed E-state index contributed by atoms with van der Waals surface area (Å²) in [4.78, 5) is 16.1. The third-order valence-corrected chi connectivity index (χ3v) is 4.44. The summed E-state index contributed by atoms with van der Waals surface area (Å²) in [7, 11) is 0. The summed E-state index contributed by atoms with van der Waals surface area (Å²) < 4.78 is 5.67. The fourth-order valence-corrected chi connectivity index (χ4v) is 2.62. The van der Waals surface area contributed by atoms with Crippen LogP contribution in [0.25, 0.3) is 0 Å². The molecule has 0 unspecified atom stereocenters. The number of carbonyl (C=O) groups is 1. The van der Waals surface area contributed by atoms with Crippen LogP contribution in [0, 0.1) is 6.92 Å². The number of amides is 1. The number of ether oxygens (including phenoxy) is 1. The summed E-state index contributed by atoms with van der Waals surface area (Å²) in [5.74, 6) is 0.651. The van der Waals surface area contributed by atoms with Crippen LogP contribution in [0.3, 0.4) is 0 Å². The Morgan fingerprint density at radius 2 is 2.33 bits per heavy atom. The van der Waals surface area contributed by atoms with E-state index in [9.17, 15) is 4.79 Å². The minimum Gasteiger partial charge on any atom is -0.486 e. The topological polar surface area (TPSA) is 51.2 Å². The van der Waals surface area contributed by atoms with Crippen LogP contribution in [0.4, 0.5) is 0 Å². The van der Waals surface area contributed by atoms with E-state index in [0.29, 0.717) is 18.3 Å². The average Bonchev–Trinajstić information content (AvgIpc) is 3.15. The summed E-state index contributed by atoms with van der Waals surface area (Å²) in [6.45, 7) is 2.28. The molecule has 3 rings (SSSR count). The lowest BCUT2D eigenvalue weighted by molar-refractivity contribution is 0.0946. The minimum absolute atomic E-state index is 0.0951. The number of aromatic nitrogens is 1. The van der Waals surface area contributed by atoms with Crippen LogP contribution >= 0.6 is 22.9 Å². The van der Waals surface area contributed by atoms with Crippen LogP contribution < -0.4 is 10.1 Å². The Morgan fingerprint density at radius 3 is 3.05 bits per heavy atom. The predicted molar refractivity (Wildman–Crippen MR) is 83.1 cm³/mol. The molecule has 0 saturated heterocycles. The molecule has 1 amide bonds. The van der Waals surface area contributed by atoms with Gasteiger partial charge >= 0.3 is 0 Å². The van der Waals surface area contributed by atoms with Gasteiger partial charge in [-0.3, -0.25) is 4.79 Å². The molecule has 0 spiro atoms. The Hall–Kier alpha value is -1.59. The molecule has 0 aliphatic heterocycles. The number of nitrogens with one attached hydrogen (secondary N) is 1. The van der Waals surface area contributed by atoms with Crippen LogP contribution in [0.5, 0.6) is 5.75 Å². The number of aryl methyl sites for hydroxylation is 1. The molecule has 0 atom stereocenters. The third kappa shape index (κ3) is 3.74. The van der Waals surface area contributed by atoms with Gasteiger partial charge in [-0.2, -0.15) is 0 Å². The van der Waals surface area contributed by atoms with Gasteiger partial charge in [-0.05, 0) is 43.5 Å². The summed E-state index contributed by atoms with van der Waals surface area (Å²) in [6.07, 6.45) is 2.14. The van der Waals surface area contributed by atoms with Crippen molar-refractivity contribution in [2.45, 2.75) is 32.4 Å². The highest BCUT2D eigenvalue weighted by molar-refractivity contribution is 7.09. The largest absolute Gasteiger partial charge is 0.486 e. The van der Waals surface area contributed by atoms with Crippen molar-refractivity contribution in [3.8, 4) is 5.75 Å². The number of benzene rings is 1. The lowest BCUT2D eigenvalue weighted by Gasteiger charge is -2.05. The van der Waals surface area contributed by atoms with Crippen molar-refractivity contribution in [3.63, 3.8) is 0 Å².